The van der Waals surface area contributed by atoms with Crippen LogP contribution in [0.2, 0.25) is 5.02 Å². The van der Waals surface area contributed by atoms with Gasteiger partial charge in [-0.3, -0.25) is 9.59 Å². The van der Waals surface area contributed by atoms with E-state index in [1.54, 1.807) is 6.07 Å². The van der Waals surface area contributed by atoms with Crippen LogP contribution < -0.4 is 5.32 Å². The molecule has 1 aliphatic heterocycles. The van der Waals surface area contributed by atoms with Crippen LogP contribution in [0.15, 0.2) is 53.4 Å². The van der Waals surface area contributed by atoms with E-state index in [2.05, 4.69) is 5.32 Å². The number of carbonyl (C=O) groups excluding carboxylic acids is 2. The minimum absolute atomic E-state index is 0.117. The number of nitrogens with one attached hydrogen (secondary N) is 1. The van der Waals surface area contributed by atoms with Crippen LogP contribution in [0.5, 0.6) is 0 Å². The summed E-state index contributed by atoms with van der Waals surface area (Å²) in [5, 5.41) is 3.66. The van der Waals surface area contributed by atoms with E-state index in [0.29, 0.717) is 22.9 Å². The van der Waals surface area contributed by atoms with E-state index in [-0.39, 0.29) is 11.8 Å². The molecule has 2 aromatic carbocycles. The van der Waals surface area contributed by atoms with Crippen molar-refractivity contribution in [2.75, 3.05) is 25.4 Å². The topological polar surface area (TPSA) is 49.4 Å². The van der Waals surface area contributed by atoms with E-state index in [9.17, 15) is 9.59 Å². The van der Waals surface area contributed by atoms with Crippen LogP contribution in [0.4, 0.5) is 0 Å². The Morgan fingerprint density at radius 3 is 2.63 bits per heavy atom. The van der Waals surface area contributed by atoms with Crippen molar-refractivity contribution in [1.82, 2.24) is 10.2 Å². The van der Waals surface area contributed by atoms with Gasteiger partial charge in [0, 0.05) is 29.6 Å². The van der Waals surface area contributed by atoms with Gasteiger partial charge in [0.15, 0.2) is 0 Å². The number of rotatable bonds is 7. The fourth-order valence-corrected chi connectivity index (χ4v) is 4.25. The number of nitrogens with zero attached hydrogens (tertiary/aromatic N) is 1. The lowest BCUT2D eigenvalue weighted by molar-refractivity contribution is -0.127. The summed E-state index contributed by atoms with van der Waals surface area (Å²) in [5.41, 5.74) is 1.70. The van der Waals surface area contributed by atoms with Crippen molar-refractivity contribution in [1.29, 1.82) is 0 Å². The second-order valence-electron chi connectivity index (χ2n) is 6.51. The number of halogens is 1. The molecule has 1 N–H and O–H groups in total. The predicted molar refractivity (Wildman–Crippen MR) is 110 cm³/mol. The van der Waals surface area contributed by atoms with E-state index in [4.69, 9.17) is 11.6 Å². The van der Waals surface area contributed by atoms with Gasteiger partial charge >= 0.3 is 0 Å². The third-order valence-corrected chi connectivity index (χ3v) is 5.82. The Balaban J connectivity index is 1.54. The molecule has 0 aliphatic carbocycles. The average Bonchev–Trinajstić information content (AvgIpc) is 3.21. The second kappa shape index (κ2) is 9.81. The standard InChI is InChI=1S/C21H23ClN2O2S/c22-17-7-5-6-16(14-17)10-11-23-21(26)18-8-1-2-9-19(18)27-15-20(25)24-12-3-4-13-24/h1-2,5-9,14H,3-4,10-13,15H2,(H,23,26). The Hall–Kier alpha value is -1.98. The molecule has 1 saturated heterocycles. The number of hydrogen-bond acceptors (Lipinski definition) is 3. The molecule has 27 heavy (non-hydrogen) atoms. The number of benzene rings is 2. The summed E-state index contributed by atoms with van der Waals surface area (Å²) in [6.45, 7) is 2.24. The molecule has 1 heterocycles. The Kier molecular flexibility index (Phi) is 7.18. The minimum atomic E-state index is -0.117. The van der Waals surface area contributed by atoms with Gasteiger partial charge in [-0.05, 0) is 49.1 Å². The first-order chi connectivity index (χ1) is 13.1. The van der Waals surface area contributed by atoms with E-state index in [0.717, 1.165) is 42.8 Å². The number of hydrogen-bond donors (Lipinski definition) is 1. The first-order valence-electron chi connectivity index (χ1n) is 9.16. The van der Waals surface area contributed by atoms with E-state index >= 15 is 0 Å². The van der Waals surface area contributed by atoms with Gasteiger partial charge in [0.25, 0.3) is 5.91 Å². The van der Waals surface area contributed by atoms with Crippen molar-refractivity contribution < 1.29 is 9.59 Å². The van der Waals surface area contributed by atoms with Crippen molar-refractivity contribution in [2.45, 2.75) is 24.2 Å². The van der Waals surface area contributed by atoms with Gasteiger partial charge in [-0.2, -0.15) is 0 Å². The van der Waals surface area contributed by atoms with Gasteiger partial charge in [-0.15, -0.1) is 11.8 Å². The number of thioether (sulfide) groups is 1. The molecule has 2 aromatic rings. The maximum atomic E-state index is 12.6. The van der Waals surface area contributed by atoms with E-state index in [1.165, 1.54) is 11.8 Å². The molecule has 0 unspecified atom stereocenters. The fraction of sp³-hybridized carbons (Fsp3) is 0.333. The highest BCUT2D eigenvalue weighted by molar-refractivity contribution is 8.00. The molecular formula is C21H23ClN2O2S. The smallest absolute Gasteiger partial charge is 0.252 e. The van der Waals surface area contributed by atoms with Gasteiger partial charge in [0.05, 0.1) is 11.3 Å². The molecule has 0 aromatic heterocycles. The van der Waals surface area contributed by atoms with Gasteiger partial charge < -0.3 is 10.2 Å². The van der Waals surface area contributed by atoms with Crippen molar-refractivity contribution >= 4 is 35.2 Å². The van der Waals surface area contributed by atoms with Crippen LogP contribution >= 0.6 is 23.4 Å². The zero-order chi connectivity index (χ0) is 19.1. The summed E-state index contributed by atoms with van der Waals surface area (Å²) >= 11 is 7.42. The molecule has 4 nitrogen and oxygen atoms in total. The maximum absolute atomic E-state index is 12.6. The summed E-state index contributed by atoms with van der Waals surface area (Å²) in [7, 11) is 0. The first kappa shape index (κ1) is 19.8. The predicted octanol–water partition coefficient (Wildman–Crippen LogP) is 4.03. The number of likely N-dealkylation sites (tertiary alicyclic amines) is 1. The molecule has 142 valence electrons. The van der Waals surface area contributed by atoms with E-state index < -0.39 is 0 Å². The molecule has 0 saturated carbocycles. The van der Waals surface area contributed by atoms with Gasteiger partial charge in [-0.25, -0.2) is 0 Å². The zero-order valence-electron chi connectivity index (χ0n) is 15.1. The summed E-state index contributed by atoms with van der Waals surface area (Å²) in [6, 6.07) is 15.1. The van der Waals surface area contributed by atoms with Crippen LogP contribution in [0, 0.1) is 0 Å². The van der Waals surface area contributed by atoms with Crippen molar-refractivity contribution in [3.05, 3.63) is 64.7 Å². The lowest BCUT2D eigenvalue weighted by Gasteiger charge is -2.15. The summed E-state index contributed by atoms with van der Waals surface area (Å²) < 4.78 is 0. The molecule has 1 fully saturated rings. The minimum Gasteiger partial charge on any atom is -0.352 e. The number of amides is 2. The summed E-state index contributed by atoms with van der Waals surface area (Å²) in [4.78, 5) is 27.6. The van der Waals surface area contributed by atoms with Crippen LogP contribution in [0.3, 0.4) is 0 Å². The van der Waals surface area contributed by atoms with Crippen molar-refractivity contribution in [3.8, 4) is 0 Å². The first-order valence-corrected chi connectivity index (χ1v) is 10.5. The Morgan fingerprint density at radius 2 is 1.85 bits per heavy atom. The highest BCUT2D eigenvalue weighted by Gasteiger charge is 2.19. The molecule has 0 spiro atoms. The summed E-state index contributed by atoms with van der Waals surface area (Å²) in [5.74, 6) is 0.398. The largest absolute Gasteiger partial charge is 0.352 e. The Labute approximate surface area is 169 Å². The van der Waals surface area contributed by atoms with Crippen LogP contribution in [0.25, 0.3) is 0 Å². The third-order valence-electron chi connectivity index (χ3n) is 4.53. The normalized spacial score (nSPS) is 13.6. The van der Waals surface area contributed by atoms with Crippen molar-refractivity contribution in [3.63, 3.8) is 0 Å². The Morgan fingerprint density at radius 1 is 1.07 bits per heavy atom. The quantitative estimate of drug-likeness (QED) is 0.711. The molecule has 6 heteroatoms. The lowest BCUT2D eigenvalue weighted by atomic mass is 10.1. The highest BCUT2D eigenvalue weighted by atomic mass is 35.5. The fourth-order valence-electron chi connectivity index (χ4n) is 3.09. The SMILES string of the molecule is O=C(NCCc1cccc(Cl)c1)c1ccccc1SCC(=O)N1CCCC1. The Bertz CT molecular complexity index is 806. The van der Waals surface area contributed by atoms with E-state index in [1.807, 2.05) is 47.4 Å². The van der Waals surface area contributed by atoms with Crippen LogP contribution in [-0.4, -0.2) is 42.1 Å². The second-order valence-corrected chi connectivity index (χ2v) is 7.96. The van der Waals surface area contributed by atoms with Gasteiger partial charge in [0.1, 0.15) is 0 Å². The summed E-state index contributed by atoms with van der Waals surface area (Å²) in [6.07, 6.45) is 2.89. The molecule has 1 aliphatic rings. The third kappa shape index (κ3) is 5.75. The molecule has 0 radical (unpaired) electrons. The molecule has 0 atom stereocenters. The molecular weight excluding hydrogens is 380 g/mol. The number of carbonyl (C=O) groups is 2. The molecule has 3 rings (SSSR count). The highest BCUT2D eigenvalue weighted by Crippen LogP contribution is 2.23. The van der Waals surface area contributed by atoms with Crippen LogP contribution in [0.1, 0.15) is 28.8 Å². The van der Waals surface area contributed by atoms with Gasteiger partial charge in [-0.1, -0.05) is 35.9 Å². The molecule has 0 bridgehead atoms. The van der Waals surface area contributed by atoms with Crippen molar-refractivity contribution in [2.24, 2.45) is 0 Å². The monoisotopic (exact) mass is 402 g/mol. The van der Waals surface area contributed by atoms with Crippen LogP contribution in [-0.2, 0) is 11.2 Å². The average molecular weight is 403 g/mol. The maximum Gasteiger partial charge on any atom is 0.252 e. The zero-order valence-corrected chi connectivity index (χ0v) is 16.7. The lowest BCUT2D eigenvalue weighted by Crippen LogP contribution is -2.29. The molecule has 2 amide bonds. The van der Waals surface area contributed by atoms with Gasteiger partial charge in [0.2, 0.25) is 5.91 Å².